The number of hydrogen-bond acceptors (Lipinski definition) is 4. The van der Waals surface area contributed by atoms with Crippen LogP contribution in [0.5, 0.6) is 0 Å². The van der Waals surface area contributed by atoms with Crippen molar-refractivity contribution in [1.29, 1.82) is 0 Å². The van der Waals surface area contributed by atoms with Gasteiger partial charge in [-0.2, -0.15) is 0 Å². The highest BCUT2D eigenvalue weighted by molar-refractivity contribution is 5.79. The highest BCUT2D eigenvalue weighted by atomic mass is 16.6. The third-order valence-corrected chi connectivity index (χ3v) is 7.11. The van der Waals surface area contributed by atoms with Crippen LogP contribution in [0.3, 0.4) is 0 Å². The molecule has 0 radical (unpaired) electrons. The third kappa shape index (κ3) is 2.98. The van der Waals surface area contributed by atoms with E-state index >= 15 is 0 Å². The van der Waals surface area contributed by atoms with E-state index in [1.807, 2.05) is 24.3 Å². The maximum Gasteiger partial charge on any atom is 0.409 e. The summed E-state index contributed by atoms with van der Waals surface area (Å²) >= 11 is 0. The first-order valence-electron chi connectivity index (χ1n) is 10.5. The number of hydrogen-bond donors (Lipinski definition) is 2. The summed E-state index contributed by atoms with van der Waals surface area (Å²) in [5.41, 5.74) is 3.62. The van der Waals surface area contributed by atoms with Gasteiger partial charge in [-0.15, -0.1) is 0 Å². The summed E-state index contributed by atoms with van der Waals surface area (Å²) in [4.78, 5) is 26.3. The Morgan fingerprint density at radius 2 is 1.70 bits per heavy atom. The van der Waals surface area contributed by atoms with Crippen LogP contribution < -0.4 is 0 Å². The lowest BCUT2D eigenvalue weighted by molar-refractivity contribution is -0.160. The second kappa shape index (κ2) is 7.13. The molecule has 2 aliphatic carbocycles. The van der Waals surface area contributed by atoms with Crippen LogP contribution in [0.25, 0.3) is 11.1 Å². The molecule has 3 atom stereocenters. The monoisotopic (exact) mass is 407 g/mol. The molecule has 156 valence electrons. The number of ether oxygens (including phenoxy) is 1. The van der Waals surface area contributed by atoms with Crippen LogP contribution in [0.4, 0.5) is 4.79 Å². The fourth-order valence-electron chi connectivity index (χ4n) is 5.53. The number of carbonyl (C=O) groups excluding carboxylic acids is 1. The van der Waals surface area contributed by atoms with E-state index < -0.39 is 23.6 Å². The lowest BCUT2D eigenvalue weighted by Gasteiger charge is -2.48. The number of likely N-dealkylation sites (tertiary alicyclic amines) is 1. The molecule has 1 aliphatic heterocycles. The van der Waals surface area contributed by atoms with Gasteiger partial charge in [0.25, 0.3) is 0 Å². The lowest BCUT2D eigenvalue weighted by atomic mass is 9.65. The number of benzene rings is 2. The van der Waals surface area contributed by atoms with Gasteiger partial charge < -0.3 is 19.8 Å². The van der Waals surface area contributed by atoms with Crippen molar-refractivity contribution in [3.63, 3.8) is 0 Å². The van der Waals surface area contributed by atoms with Crippen LogP contribution in [-0.2, 0) is 9.53 Å². The molecule has 2 fully saturated rings. The Balaban J connectivity index is 1.34. The summed E-state index contributed by atoms with van der Waals surface area (Å²) in [5, 5.41) is 20.1. The van der Waals surface area contributed by atoms with Crippen molar-refractivity contribution in [2.75, 3.05) is 19.7 Å². The standard InChI is InChI=1S/C24H25NO5/c26-21-9-10-24(22(27)28)11-15(21)12-25(14-24)23(29)30-13-20-18-7-3-1-5-16(18)17-6-2-4-8-19(17)20/h1-8,15,20-21,26H,9-14H2,(H,27,28)/t15-,21-,24-/m1/s1. The summed E-state index contributed by atoms with van der Waals surface area (Å²) < 4.78 is 5.72. The molecule has 1 amide bonds. The van der Waals surface area contributed by atoms with Crippen LogP contribution in [0, 0.1) is 11.3 Å². The molecule has 3 aliphatic rings. The zero-order valence-corrected chi connectivity index (χ0v) is 16.7. The van der Waals surface area contributed by atoms with Crippen LogP contribution >= 0.6 is 0 Å². The van der Waals surface area contributed by atoms with Gasteiger partial charge in [0.15, 0.2) is 0 Å². The number of aliphatic hydroxyl groups excluding tert-OH is 1. The van der Waals surface area contributed by atoms with Crippen LogP contribution in [-0.4, -0.2) is 53.0 Å². The predicted molar refractivity (Wildman–Crippen MR) is 110 cm³/mol. The van der Waals surface area contributed by atoms with Gasteiger partial charge >= 0.3 is 12.1 Å². The van der Waals surface area contributed by atoms with Crippen LogP contribution in [0.15, 0.2) is 48.5 Å². The second-order valence-corrected chi connectivity index (χ2v) is 8.84. The normalized spacial score (nSPS) is 27.3. The van der Waals surface area contributed by atoms with E-state index in [2.05, 4.69) is 24.3 Å². The van der Waals surface area contributed by atoms with Gasteiger partial charge in [0.1, 0.15) is 6.61 Å². The number of fused-ring (bicyclic) bond motifs is 5. The van der Waals surface area contributed by atoms with E-state index in [9.17, 15) is 19.8 Å². The molecule has 0 unspecified atom stereocenters. The van der Waals surface area contributed by atoms with Crippen molar-refractivity contribution in [3.8, 4) is 11.1 Å². The Kier molecular flexibility index (Phi) is 4.54. The molecule has 0 spiro atoms. The number of carbonyl (C=O) groups is 2. The quantitative estimate of drug-likeness (QED) is 0.813. The summed E-state index contributed by atoms with van der Waals surface area (Å²) in [6.07, 6.45) is 0.196. The van der Waals surface area contributed by atoms with Crippen molar-refractivity contribution in [2.24, 2.45) is 11.3 Å². The van der Waals surface area contributed by atoms with Gasteiger partial charge in [-0.1, -0.05) is 48.5 Å². The number of aliphatic carboxylic acids is 1. The SMILES string of the molecule is O=C(OCC1c2ccccc2-c2ccccc21)N1C[C@H]2C[C@](C(=O)O)(CC[C@H]2O)C1. The van der Waals surface area contributed by atoms with Gasteiger partial charge in [0.05, 0.1) is 11.5 Å². The molecular formula is C24H25NO5. The number of nitrogens with zero attached hydrogens (tertiary/aromatic N) is 1. The van der Waals surface area contributed by atoms with Crippen molar-refractivity contribution < 1.29 is 24.5 Å². The molecule has 2 bridgehead atoms. The summed E-state index contributed by atoms with van der Waals surface area (Å²) in [6.45, 7) is 0.686. The first-order chi connectivity index (χ1) is 14.5. The first-order valence-corrected chi connectivity index (χ1v) is 10.5. The fourth-order valence-corrected chi connectivity index (χ4v) is 5.53. The third-order valence-electron chi connectivity index (χ3n) is 7.11. The Labute approximate surface area is 175 Å². The molecule has 6 nitrogen and oxygen atoms in total. The number of rotatable bonds is 3. The number of carboxylic acid groups (broad SMARTS) is 1. The molecule has 30 heavy (non-hydrogen) atoms. The van der Waals surface area contributed by atoms with Gasteiger partial charge in [0, 0.05) is 24.9 Å². The molecule has 5 rings (SSSR count). The van der Waals surface area contributed by atoms with Gasteiger partial charge in [-0.05, 0) is 41.5 Å². The van der Waals surface area contributed by atoms with Gasteiger partial charge in [0.2, 0.25) is 0 Å². The fraction of sp³-hybridized carbons (Fsp3) is 0.417. The molecular weight excluding hydrogens is 382 g/mol. The van der Waals surface area contributed by atoms with Crippen molar-refractivity contribution >= 4 is 12.1 Å². The van der Waals surface area contributed by atoms with Crippen molar-refractivity contribution in [1.82, 2.24) is 4.90 Å². The summed E-state index contributed by atoms with van der Waals surface area (Å²) in [7, 11) is 0. The number of carboxylic acids is 1. The summed E-state index contributed by atoms with van der Waals surface area (Å²) in [6, 6.07) is 16.3. The second-order valence-electron chi connectivity index (χ2n) is 8.84. The number of amides is 1. The van der Waals surface area contributed by atoms with Crippen LogP contribution in [0.1, 0.15) is 36.3 Å². The van der Waals surface area contributed by atoms with Crippen LogP contribution in [0.2, 0.25) is 0 Å². The molecule has 2 N–H and O–H groups in total. The van der Waals surface area contributed by atoms with E-state index in [0.29, 0.717) is 25.8 Å². The minimum absolute atomic E-state index is 0.0373. The molecule has 2 aromatic carbocycles. The topological polar surface area (TPSA) is 87.1 Å². The Morgan fingerprint density at radius 1 is 1.07 bits per heavy atom. The smallest absolute Gasteiger partial charge is 0.409 e. The molecule has 2 aromatic rings. The Bertz CT molecular complexity index is 959. The minimum Gasteiger partial charge on any atom is -0.481 e. The lowest BCUT2D eigenvalue weighted by Crippen LogP contribution is -2.58. The Morgan fingerprint density at radius 3 is 2.33 bits per heavy atom. The van der Waals surface area contributed by atoms with Gasteiger partial charge in [-0.3, -0.25) is 4.79 Å². The van der Waals surface area contributed by atoms with Crippen molar-refractivity contribution in [3.05, 3.63) is 59.7 Å². The number of piperidine rings is 1. The largest absolute Gasteiger partial charge is 0.481 e. The maximum absolute atomic E-state index is 12.9. The highest BCUT2D eigenvalue weighted by Crippen LogP contribution is 2.46. The molecule has 1 saturated carbocycles. The van der Waals surface area contributed by atoms with Crippen molar-refractivity contribution in [2.45, 2.75) is 31.3 Å². The predicted octanol–water partition coefficient (Wildman–Crippen LogP) is 3.48. The van der Waals surface area contributed by atoms with E-state index in [4.69, 9.17) is 4.74 Å². The zero-order valence-electron chi connectivity index (χ0n) is 16.7. The van der Waals surface area contributed by atoms with Gasteiger partial charge in [-0.25, -0.2) is 4.79 Å². The van der Waals surface area contributed by atoms with E-state index in [-0.39, 0.29) is 25.0 Å². The summed E-state index contributed by atoms with van der Waals surface area (Å²) in [5.74, 6) is -1.15. The van der Waals surface area contributed by atoms with E-state index in [1.54, 1.807) is 0 Å². The first kappa shape index (κ1) is 19.1. The average Bonchev–Trinajstić information content (AvgIpc) is 3.08. The molecule has 6 heteroatoms. The Hall–Kier alpha value is -2.86. The zero-order chi connectivity index (χ0) is 20.9. The van der Waals surface area contributed by atoms with E-state index in [1.165, 1.54) is 4.90 Å². The highest BCUT2D eigenvalue weighted by Gasteiger charge is 2.52. The number of aliphatic hydroxyl groups is 1. The molecule has 1 saturated heterocycles. The maximum atomic E-state index is 12.9. The van der Waals surface area contributed by atoms with E-state index in [0.717, 1.165) is 22.3 Å². The molecule has 0 aromatic heterocycles. The average molecular weight is 407 g/mol. The minimum atomic E-state index is -0.978. The molecule has 1 heterocycles.